The van der Waals surface area contributed by atoms with Gasteiger partial charge in [0.1, 0.15) is 5.01 Å². The van der Waals surface area contributed by atoms with Crippen molar-refractivity contribution in [1.82, 2.24) is 15.0 Å². The number of aromatic nitrogens is 3. The summed E-state index contributed by atoms with van der Waals surface area (Å²) < 4.78 is 0. The molecule has 0 atom stereocenters. The number of rotatable bonds is 3. The number of nitrogens with zero attached hydrogens (tertiary/aromatic N) is 3. The van der Waals surface area contributed by atoms with Gasteiger partial charge in [0.05, 0.1) is 23.0 Å². The van der Waals surface area contributed by atoms with E-state index in [1.54, 1.807) is 29.9 Å². The number of thiazole rings is 1. The van der Waals surface area contributed by atoms with E-state index in [0.29, 0.717) is 11.0 Å². The van der Waals surface area contributed by atoms with Crippen LogP contribution >= 0.6 is 22.9 Å². The molecule has 16 heavy (non-hydrogen) atoms. The van der Waals surface area contributed by atoms with Crippen molar-refractivity contribution in [3.05, 3.63) is 34.0 Å². The fourth-order valence-electron chi connectivity index (χ4n) is 1.24. The zero-order chi connectivity index (χ0) is 11.6. The first-order valence-electron chi connectivity index (χ1n) is 4.73. The summed E-state index contributed by atoms with van der Waals surface area (Å²) >= 11 is 7.32. The minimum Gasteiger partial charge on any atom is -0.343 e. The molecule has 0 saturated heterocycles. The van der Waals surface area contributed by atoms with E-state index in [-0.39, 0.29) is 5.54 Å². The summed E-state index contributed by atoms with van der Waals surface area (Å²) in [5.74, 6) is 0.546. The molecule has 0 aliphatic rings. The van der Waals surface area contributed by atoms with Crippen LogP contribution in [0.15, 0.2) is 24.0 Å². The molecule has 4 nitrogen and oxygen atoms in total. The molecule has 6 heteroatoms. The van der Waals surface area contributed by atoms with Crippen molar-refractivity contribution in [1.29, 1.82) is 0 Å². The third kappa shape index (κ3) is 2.48. The number of halogens is 1. The maximum absolute atomic E-state index is 5.72. The first kappa shape index (κ1) is 11.3. The van der Waals surface area contributed by atoms with Crippen LogP contribution in [0.1, 0.15) is 18.9 Å². The second-order valence-corrected chi connectivity index (χ2v) is 5.14. The summed E-state index contributed by atoms with van der Waals surface area (Å²) in [6.45, 7) is 4.06. The summed E-state index contributed by atoms with van der Waals surface area (Å²) in [7, 11) is 0. The second kappa shape index (κ2) is 4.35. The molecular weight excluding hydrogens is 244 g/mol. The van der Waals surface area contributed by atoms with Gasteiger partial charge in [-0.2, -0.15) is 0 Å². The molecule has 0 spiro atoms. The molecule has 84 valence electrons. The summed E-state index contributed by atoms with van der Waals surface area (Å²) in [6.07, 6.45) is 4.91. The molecule has 0 unspecified atom stereocenters. The van der Waals surface area contributed by atoms with Crippen LogP contribution in [0.4, 0.5) is 5.95 Å². The topological polar surface area (TPSA) is 50.7 Å². The molecule has 2 aromatic heterocycles. The number of nitrogens with one attached hydrogen (secondary N) is 1. The second-order valence-electron chi connectivity index (χ2n) is 3.81. The molecular formula is C10H11ClN4S. The average molecular weight is 255 g/mol. The fourth-order valence-corrected chi connectivity index (χ4v) is 2.06. The lowest BCUT2D eigenvalue weighted by atomic mass is 10.1. The van der Waals surface area contributed by atoms with Crippen LogP contribution in [0, 0.1) is 0 Å². The molecule has 2 rings (SSSR count). The monoisotopic (exact) mass is 254 g/mol. The Balaban J connectivity index is 2.18. The lowest BCUT2D eigenvalue weighted by Gasteiger charge is -2.23. The molecule has 0 saturated carbocycles. The van der Waals surface area contributed by atoms with E-state index in [4.69, 9.17) is 11.6 Å². The highest BCUT2D eigenvalue weighted by Gasteiger charge is 2.23. The average Bonchev–Trinajstić information content (AvgIpc) is 2.75. The number of hydrogen-bond donors (Lipinski definition) is 1. The van der Waals surface area contributed by atoms with E-state index in [2.05, 4.69) is 20.3 Å². The van der Waals surface area contributed by atoms with Crippen molar-refractivity contribution >= 4 is 28.9 Å². The van der Waals surface area contributed by atoms with Gasteiger partial charge in [-0.25, -0.2) is 15.0 Å². The SMILES string of the molecule is CC(C)(Nc1ncc(Cl)cn1)c1nccs1. The van der Waals surface area contributed by atoms with Gasteiger partial charge in [0.25, 0.3) is 0 Å². The minimum absolute atomic E-state index is 0.290. The molecule has 0 bridgehead atoms. The minimum atomic E-state index is -0.290. The van der Waals surface area contributed by atoms with Gasteiger partial charge in [0.15, 0.2) is 0 Å². The number of anilines is 1. The summed E-state index contributed by atoms with van der Waals surface area (Å²) in [5, 5.41) is 6.68. The van der Waals surface area contributed by atoms with E-state index in [1.807, 2.05) is 19.2 Å². The third-order valence-electron chi connectivity index (χ3n) is 2.01. The number of hydrogen-bond acceptors (Lipinski definition) is 5. The smallest absolute Gasteiger partial charge is 0.223 e. The van der Waals surface area contributed by atoms with Crippen LogP contribution in [-0.2, 0) is 5.54 Å². The highest BCUT2D eigenvalue weighted by molar-refractivity contribution is 7.09. The predicted molar refractivity (Wildman–Crippen MR) is 65.8 cm³/mol. The highest BCUT2D eigenvalue weighted by Crippen LogP contribution is 2.25. The molecule has 0 radical (unpaired) electrons. The Kier molecular flexibility index (Phi) is 3.07. The van der Waals surface area contributed by atoms with Gasteiger partial charge in [0, 0.05) is 11.6 Å². The highest BCUT2D eigenvalue weighted by atomic mass is 35.5. The largest absolute Gasteiger partial charge is 0.343 e. The summed E-state index contributed by atoms with van der Waals surface area (Å²) in [5.41, 5.74) is -0.290. The molecule has 1 N–H and O–H groups in total. The lowest BCUT2D eigenvalue weighted by Crippen LogP contribution is -2.28. The van der Waals surface area contributed by atoms with Crippen LogP contribution in [0.3, 0.4) is 0 Å². The summed E-state index contributed by atoms with van der Waals surface area (Å²) in [4.78, 5) is 12.5. The van der Waals surface area contributed by atoms with Crippen molar-refractivity contribution in [3.8, 4) is 0 Å². The van der Waals surface area contributed by atoms with Gasteiger partial charge >= 0.3 is 0 Å². The van der Waals surface area contributed by atoms with E-state index in [1.165, 1.54) is 0 Å². The summed E-state index contributed by atoms with van der Waals surface area (Å²) in [6, 6.07) is 0. The zero-order valence-corrected chi connectivity index (χ0v) is 10.5. The van der Waals surface area contributed by atoms with Crippen LogP contribution < -0.4 is 5.32 Å². The molecule has 2 heterocycles. The normalized spacial score (nSPS) is 11.4. The lowest BCUT2D eigenvalue weighted by molar-refractivity contribution is 0.597. The van der Waals surface area contributed by atoms with Crippen molar-refractivity contribution in [2.45, 2.75) is 19.4 Å². The van der Waals surface area contributed by atoms with Gasteiger partial charge in [-0.05, 0) is 13.8 Å². The molecule has 0 fully saturated rings. The molecule has 0 aliphatic carbocycles. The van der Waals surface area contributed by atoms with Crippen molar-refractivity contribution in [3.63, 3.8) is 0 Å². The van der Waals surface area contributed by atoms with E-state index in [0.717, 1.165) is 5.01 Å². The van der Waals surface area contributed by atoms with Gasteiger partial charge in [0.2, 0.25) is 5.95 Å². The molecule has 0 amide bonds. The zero-order valence-electron chi connectivity index (χ0n) is 8.94. The van der Waals surface area contributed by atoms with E-state index < -0.39 is 0 Å². The Hall–Kier alpha value is -1.20. The Labute approximate surface area is 103 Å². The van der Waals surface area contributed by atoms with Gasteiger partial charge < -0.3 is 5.32 Å². The van der Waals surface area contributed by atoms with Gasteiger partial charge in [-0.3, -0.25) is 0 Å². The maximum atomic E-state index is 5.72. The van der Waals surface area contributed by atoms with Crippen LogP contribution in [0.25, 0.3) is 0 Å². The Morgan fingerprint density at radius 3 is 2.50 bits per heavy atom. The van der Waals surface area contributed by atoms with Crippen LogP contribution in [-0.4, -0.2) is 15.0 Å². The third-order valence-corrected chi connectivity index (χ3v) is 3.30. The van der Waals surface area contributed by atoms with E-state index in [9.17, 15) is 0 Å². The van der Waals surface area contributed by atoms with E-state index >= 15 is 0 Å². The fraction of sp³-hybridized carbons (Fsp3) is 0.300. The van der Waals surface area contributed by atoms with Gasteiger partial charge in [-0.15, -0.1) is 11.3 Å². The van der Waals surface area contributed by atoms with Crippen molar-refractivity contribution in [2.75, 3.05) is 5.32 Å². The molecule has 2 aromatic rings. The first-order valence-corrected chi connectivity index (χ1v) is 5.99. The van der Waals surface area contributed by atoms with Crippen LogP contribution in [0.2, 0.25) is 5.02 Å². The Morgan fingerprint density at radius 2 is 1.94 bits per heavy atom. The first-order chi connectivity index (χ1) is 7.58. The van der Waals surface area contributed by atoms with Crippen molar-refractivity contribution in [2.24, 2.45) is 0 Å². The standard InChI is InChI=1S/C10H11ClN4S/c1-10(2,8-12-3-4-16-8)15-9-13-5-7(11)6-14-9/h3-6H,1-2H3,(H,13,14,15). The Bertz CT molecular complexity index is 452. The van der Waals surface area contributed by atoms with Crippen molar-refractivity contribution < 1.29 is 0 Å². The predicted octanol–water partition coefficient (Wildman–Crippen LogP) is 2.93. The Morgan fingerprint density at radius 1 is 1.25 bits per heavy atom. The van der Waals surface area contributed by atoms with Crippen LogP contribution in [0.5, 0.6) is 0 Å². The maximum Gasteiger partial charge on any atom is 0.223 e. The van der Waals surface area contributed by atoms with Gasteiger partial charge in [-0.1, -0.05) is 11.6 Å². The molecule has 0 aliphatic heterocycles. The molecule has 0 aromatic carbocycles. The quantitative estimate of drug-likeness (QED) is 0.915.